The highest BCUT2D eigenvalue weighted by molar-refractivity contribution is 8.00. The van der Waals surface area contributed by atoms with Gasteiger partial charge in [0.25, 0.3) is 0 Å². The van der Waals surface area contributed by atoms with Crippen LogP contribution >= 0.6 is 23.1 Å². The first kappa shape index (κ1) is 15.1. The summed E-state index contributed by atoms with van der Waals surface area (Å²) >= 11 is 2.52. The predicted octanol–water partition coefficient (Wildman–Crippen LogP) is 2.45. The third-order valence-corrected chi connectivity index (χ3v) is 4.45. The van der Waals surface area contributed by atoms with E-state index in [0.29, 0.717) is 21.0 Å². The number of amides is 2. The van der Waals surface area contributed by atoms with Crippen LogP contribution in [-0.2, 0) is 4.79 Å². The van der Waals surface area contributed by atoms with Crippen LogP contribution in [0.15, 0.2) is 40.6 Å². The second kappa shape index (κ2) is 6.92. The molecule has 7 heteroatoms. The molecule has 106 valence electrons. The number of thioether (sulfide) groups is 1. The Bertz CT molecular complexity index is 719. The molecule has 0 atom stereocenters. The Balaban J connectivity index is 1.99. The van der Waals surface area contributed by atoms with Crippen molar-refractivity contribution in [3.05, 3.63) is 46.8 Å². The van der Waals surface area contributed by atoms with Crippen molar-refractivity contribution in [1.29, 1.82) is 5.26 Å². The molecule has 2 rings (SSSR count). The summed E-state index contributed by atoms with van der Waals surface area (Å²) in [5.74, 6) is -0.630. The Kier molecular flexibility index (Phi) is 4.98. The summed E-state index contributed by atoms with van der Waals surface area (Å²) in [5, 5.41) is 13.8. The zero-order chi connectivity index (χ0) is 15.2. The van der Waals surface area contributed by atoms with Gasteiger partial charge in [-0.25, -0.2) is 0 Å². The molecule has 1 aromatic heterocycles. The van der Waals surface area contributed by atoms with Crippen molar-refractivity contribution in [3.8, 4) is 6.07 Å². The number of hydrogen-bond acceptors (Lipinski definition) is 5. The van der Waals surface area contributed by atoms with Crippen molar-refractivity contribution in [1.82, 2.24) is 0 Å². The quantitative estimate of drug-likeness (QED) is 0.828. The number of rotatable bonds is 5. The number of nitrogens with two attached hydrogens (primary N) is 1. The highest BCUT2D eigenvalue weighted by Gasteiger charge is 2.12. The van der Waals surface area contributed by atoms with Gasteiger partial charge < -0.3 is 11.1 Å². The number of nitrogens with zero attached hydrogens (tertiary/aromatic N) is 1. The number of nitrogens with one attached hydrogen (secondary N) is 1. The minimum Gasteiger partial charge on any atom is -0.366 e. The Morgan fingerprint density at radius 2 is 2.10 bits per heavy atom. The fourth-order valence-electron chi connectivity index (χ4n) is 1.60. The lowest BCUT2D eigenvalue weighted by molar-refractivity contribution is -0.113. The highest BCUT2D eigenvalue weighted by Crippen LogP contribution is 2.25. The van der Waals surface area contributed by atoms with Crippen LogP contribution < -0.4 is 11.1 Å². The van der Waals surface area contributed by atoms with Crippen LogP contribution in [0.25, 0.3) is 0 Å². The van der Waals surface area contributed by atoms with Crippen molar-refractivity contribution in [2.75, 3.05) is 11.1 Å². The van der Waals surface area contributed by atoms with Gasteiger partial charge in [0.2, 0.25) is 11.8 Å². The van der Waals surface area contributed by atoms with E-state index >= 15 is 0 Å². The lowest BCUT2D eigenvalue weighted by Crippen LogP contribution is -2.15. The number of carbonyl (C=O) groups is 2. The van der Waals surface area contributed by atoms with Crippen LogP contribution in [-0.4, -0.2) is 17.6 Å². The van der Waals surface area contributed by atoms with E-state index in [0.717, 1.165) is 0 Å². The molecule has 1 heterocycles. The molecule has 0 fully saturated rings. The van der Waals surface area contributed by atoms with Gasteiger partial charge in [-0.1, -0.05) is 12.1 Å². The predicted molar refractivity (Wildman–Crippen MR) is 83.3 cm³/mol. The van der Waals surface area contributed by atoms with Gasteiger partial charge in [-0.05, 0) is 23.6 Å². The van der Waals surface area contributed by atoms with Gasteiger partial charge in [0, 0.05) is 4.90 Å². The van der Waals surface area contributed by atoms with Crippen LogP contribution in [0.3, 0.4) is 0 Å². The fourth-order valence-corrected chi connectivity index (χ4v) is 3.21. The van der Waals surface area contributed by atoms with Crippen molar-refractivity contribution >= 4 is 39.9 Å². The molecule has 0 saturated carbocycles. The topological polar surface area (TPSA) is 96.0 Å². The van der Waals surface area contributed by atoms with E-state index in [4.69, 9.17) is 11.0 Å². The van der Waals surface area contributed by atoms with E-state index < -0.39 is 5.91 Å². The lowest BCUT2D eigenvalue weighted by Gasteiger charge is -2.06. The summed E-state index contributed by atoms with van der Waals surface area (Å²) in [4.78, 5) is 23.8. The smallest absolute Gasteiger partial charge is 0.249 e. The normalized spacial score (nSPS) is 9.86. The Morgan fingerprint density at radius 3 is 2.81 bits per heavy atom. The number of primary amides is 1. The summed E-state index contributed by atoms with van der Waals surface area (Å²) in [7, 11) is 0. The summed E-state index contributed by atoms with van der Waals surface area (Å²) in [6.45, 7) is 0. The first-order chi connectivity index (χ1) is 10.1. The molecule has 2 amide bonds. The number of hydrogen-bond donors (Lipinski definition) is 2. The van der Waals surface area contributed by atoms with Crippen LogP contribution in [0.4, 0.5) is 5.00 Å². The second-order valence-electron chi connectivity index (χ2n) is 3.97. The third kappa shape index (κ3) is 3.84. The van der Waals surface area contributed by atoms with E-state index in [1.165, 1.54) is 23.1 Å². The van der Waals surface area contributed by atoms with Crippen molar-refractivity contribution in [2.45, 2.75) is 4.90 Å². The maximum absolute atomic E-state index is 11.9. The first-order valence-electron chi connectivity index (χ1n) is 5.91. The number of carbonyl (C=O) groups excluding carboxylic acids is 2. The molecule has 0 saturated heterocycles. The molecule has 2 aromatic rings. The third-order valence-electron chi connectivity index (χ3n) is 2.55. The molecule has 0 aliphatic heterocycles. The van der Waals surface area contributed by atoms with Crippen LogP contribution in [0.5, 0.6) is 0 Å². The van der Waals surface area contributed by atoms with Crippen molar-refractivity contribution < 1.29 is 9.59 Å². The summed E-state index contributed by atoms with van der Waals surface area (Å²) < 4.78 is 0. The summed E-state index contributed by atoms with van der Waals surface area (Å²) in [6.07, 6.45) is 0. The van der Waals surface area contributed by atoms with Gasteiger partial charge >= 0.3 is 0 Å². The molecule has 0 bridgehead atoms. The Morgan fingerprint density at radius 1 is 1.33 bits per heavy atom. The molecule has 1 aromatic carbocycles. The molecule has 0 spiro atoms. The minimum atomic E-state index is -0.525. The van der Waals surface area contributed by atoms with E-state index in [9.17, 15) is 9.59 Å². The molecule has 0 radical (unpaired) electrons. The molecule has 0 aliphatic rings. The minimum absolute atomic E-state index is 0.132. The largest absolute Gasteiger partial charge is 0.366 e. The molecular formula is C14H11N3O2S2. The number of thiophene rings is 1. The number of nitriles is 1. The van der Waals surface area contributed by atoms with Gasteiger partial charge in [0.1, 0.15) is 11.1 Å². The van der Waals surface area contributed by atoms with Gasteiger partial charge in [0.05, 0.1) is 16.9 Å². The van der Waals surface area contributed by atoms with Crippen LogP contribution in [0.1, 0.15) is 15.9 Å². The standard InChI is InChI=1S/C14H11N3O2S2/c15-7-9-5-6-20-14(9)17-12(18)8-21-11-4-2-1-3-10(11)13(16)19/h1-6H,8H2,(H2,16,19)(H,17,18). The number of anilines is 1. The monoisotopic (exact) mass is 317 g/mol. The van der Waals surface area contributed by atoms with Gasteiger partial charge in [-0.2, -0.15) is 5.26 Å². The fraction of sp³-hybridized carbons (Fsp3) is 0.0714. The highest BCUT2D eigenvalue weighted by atomic mass is 32.2. The zero-order valence-electron chi connectivity index (χ0n) is 10.8. The zero-order valence-corrected chi connectivity index (χ0v) is 12.5. The average Bonchev–Trinajstić information content (AvgIpc) is 2.92. The first-order valence-corrected chi connectivity index (χ1v) is 7.77. The molecule has 5 nitrogen and oxygen atoms in total. The molecule has 0 unspecified atom stereocenters. The molecular weight excluding hydrogens is 306 g/mol. The van der Waals surface area contributed by atoms with E-state index in [1.54, 1.807) is 35.7 Å². The molecule has 3 N–H and O–H groups in total. The molecule has 0 aliphatic carbocycles. The molecule has 21 heavy (non-hydrogen) atoms. The maximum atomic E-state index is 11.9. The lowest BCUT2D eigenvalue weighted by atomic mass is 10.2. The summed E-state index contributed by atoms with van der Waals surface area (Å²) in [5.41, 5.74) is 6.11. The van der Waals surface area contributed by atoms with Gasteiger partial charge in [-0.3, -0.25) is 9.59 Å². The second-order valence-corrected chi connectivity index (χ2v) is 5.91. The number of benzene rings is 1. The van der Waals surface area contributed by atoms with E-state index in [1.807, 2.05) is 6.07 Å². The van der Waals surface area contributed by atoms with Crippen LogP contribution in [0, 0.1) is 11.3 Å². The maximum Gasteiger partial charge on any atom is 0.249 e. The Labute approximate surface area is 129 Å². The van der Waals surface area contributed by atoms with Crippen LogP contribution in [0.2, 0.25) is 0 Å². The van der Waals surface area contributed by atoms with Gasteiger partial charge in [-0.15, -0.1) is 23.1 Å². The summed E-state index contributed by atoms with van der Waals surface area (Å²) in [6, 6.07) is 10.5. The SMILES string of the molecule is N#Cc1ccsc1NC(=O)CSc1ccccc1C(N)=O. The average molecular weight is 317 g/mol. The Hall–Kier alpha value is -2.30. The van der Waals surface area contributed by atoms with E-state index in [-0.39, 0.29) is 11.7 Å². The van der Waals surface area contributed by atoms with Crippen molar-refractivity contribution in [3.63, 3.8) is 0 Å². The van der Waals surface area contributed by atoms with Gasteiger partial charge in [0.15, 0.2) is 0 Å². The van der Waals surface area contributed by atoms with E-state index in [2.05, 4.69) is 5.32 Å². The van der Waals surface area contributed by atoms with Crippen molar-refractivity contribution in [2.24, 2.45) is 5.73 Å².